The van der Waals surface area contributed by atoms with Crippen molar-refractivity contribution in [3.8, 4) is 0 Å². The molecule has 24 heavy (non-hydrogen) atoms. The summed E-state index contributed by atoms with van der Waals surface area (Å²) in [6.45, 7) is 6.76. The lowest BCUT2D eigenvalue weighted by atomic mass is 10.2. The zero-order chi connectivity index (χ0) is 17.4. The highest BCUT2D eigenvalue weighted by atomic mass is 32.2. The number of carbonyl (C=O) groups is 1. The molecule has 1 amide bonds. The number of aryl methyl sites for hydroxylation is 1. The van der Waals surface area contributed by atoms with Crippen molar-refractivity contribution in [2.24, 2.45) is 0 Å². The van der Waals surface area contributed by atoms with Gasteiger partial charge in [0.15, 0.2) is 11.0 Å². The number of aromatic nitrogens is 3. The summed E-state index contributed by atoms with van der Waals surface area (Å²) in [6, 6.07) is 7.75. The third kappa shape index (κ3) is 5.21. The summed E-state index contributed by atoms with van der Waals surface area (Å²) in [6.07, 6.45) is 2.19. The standard InChI is InChI=1S/C17H22N4O2S/c1-4-9-21-15(12-23-3)19-20-17(21)24-10-8-16(22)18-14-7-5-6-13(2)11-14/h4-7,11H,1,8-10,12H2,2-3H3,(H,18,22). The average Bonchev–Trinajstić information content (AvgIpc) is 2.91. The molecule has 0 aliphatic rings. The van der Waals surface area contributed by atoms with Crippen molar-refractivity contribution in [3.05, 3.63) is 48.3 Å². The number of benzene rings is 1. The van der Waals surface area contributed by atoms with Crippen LogP contribution >= 0.6 is 11.8 Å². The highest BCUT2D eigenvalue weighted by Gasteiger charge is 2.12. The lowest BCUT2D eigenvalue weighted by Gasteiger charge is -2.08. The van der Waals surface area contributed by atoms with Gasteiger partial charge in [0, 0.05) is 31.5 Å². The summed E-state index contributed by atoms with van der Waals surface area (Å²) < 4.78 is 7.06. The smallest absolute Gasteiger partial charge is 0.225 e. The Balaban J connectivity index is 1.87. The van der Waals surface area contributed by atoms with Crippen molar-refractivity contribution in [1.29, 1.82) is 0 Å². The fraction of sp³-hybridized carbons (Fsp3) is 0.353. The van der Waals surface area contributed by atoms with E-state index in [0.717, 1.165) is 22.2 Å². The SMILES string of the molecule is C=CCn1c(COC)nnc1SCCC(=O)Nc1cccc(C)c1. The Hall–Kier alpha value is -2.12. The zero-order valence-corrected chi connectivity index (χ0v) is 14.8. The number of amides is 1. The Morgan fingerprint density at radius 1 is 1.46 bits per heavy atom. The molecule has 128 valence electrons. The first-order valence-electron chi connectivity index (χ1n) is 7.65. The van der Waals surface area contributed by atoms with Crippen molar-refractivity contribution < 1.29 is 9.53 Å². The summed E-state index contributed by atoms with van der Waals surface area (Å²) >= 11 is 1.50. The number of hydrogen-bond acceptors (Lipinski definition) is 5. The van der Waals surface area contributed by atoms with Gasteiger partial charge in [-0.2, -0.15) is 0 Å². The van der Waals surface area contributed by atoms with E-state index in [0.29, 0.717) is 25.3 Å². The van der Waals surface area contributed by atoms with Crippen molar-refractivity contribution >= 4 is 23.4 Å². The molecule has 1 aromatic carbocycles. The molecule has 1 N–H and O–H groups in total. The third-order valence-electron chi connectivity index (χ3n) is 3.24. The number of nitrogens with zero attached hydrogens (tertiary/aromatic N) is 3. The highest BCUT2D eigenvalue weighted by molar-refractivity contribution is 7.99. The van der Waals surface area contributed by atoms with E-state index in [9.17, 15) is 4.79 Å². The molecular weight excluding hydrogens is 324 g/mol. The fourth-order valence-electron chi connectivity index (χ4n) is 2.16. The Morgan fingerprint density at radius 3 is 3.00 bits per heavy atom. The monoisotopic (exact) mass is 346 g/mol. The maximum absolute atomic E-state index is 12.0. The topological polar surface area (TPSA) is 69.0 Å². The van der Waals surface area contributed by atoms with Gasteiger partial charge in [0.2, 0.25) is 5.91 Å². The minimum atomic E-state index is -0.0139. The molecule has 1 heterocycles. The number of methoxy groups -OCH3 is 1. The second-order valence-electron chi connectivity index (χ2n) is 5.25. The van der Waals surface area contributed by atoms with Crippen molar-refractivity contribution in [2.75, 3.05) is 18.2 Å². The van der Waals surface area contributed by atoms with E-state index in [1.54, 1.807) is 13.2 Å². The number of allylic oxidation sites excluding steroid dienone is 1. The Bertz CT molecular complexity index is 700. The quantitative estimate of drug-likeness (QED) is 0.558. The molecule has 0 atom stereocenters. The molecule has 6 nitrogen and oxygen atoms in total. The predicted molar refractivity (Wildman–Crippen MR) is 96.1 cm³/mol. The molecule has 7 heteroatoms. The maximum Gasteiger partial charge on any atom is 0.225 e. The van der Waals surface area contributed by atoms with Gasteiger partial charge < -0.3 is 14.6 Å². The highest BCUT2D eigenvalue weighted by Crippen LogP contribution is 2.19. The summed E-state index contributed by atoms with van der Waals surface area (Å²) in [4.78, 5) is 12.0. The van der Waals surface area contributed by atoms with E-state index in [-0.39, 0.29) is 5.91 Å². The normalized spacial score (nSPS) is 10.6. The number of nitrogens with one attached hydrogen (secondary N) is 1. The molecule has 0 saturated heterocycles. The van der Waals surface area contributed by atoms with Crippen LogP contribution in [0.2, 0.25) is 0 Å². The first-order chi connectivity index (χ1) is 11.6. The second kappa shape index (κ2) is 9.24. The lowest BCUT2D eigenvalue weighted by molar-refractivity contribution is -0.115. The predicted octanol–water partition coefficient (Wildman–Crippen LogP) is 3.04. The summed E-state index contributed by atoms with van der Waals surface area (Å²) in [5.74, 6) is 1.36. The number of carbonyl (C=O) groups excluding carboxylic acids is 1. The molecule has 0 bridgehead atoms. The van der Waals surface area contributed by atoms with Crippen LogP contribution in [0.25, 0.3) is 0 Å². The van der Waals surface area contributed by atoms with Crippen molar-refractivity contribution in [3.63, 3.8) is 0 Å². The molecule has 0 aliphatic carbocycles. The largest absolute Gasteiger partial charge is 0.377 e. The van der Waals surface area contributed by atoms with E-state index < -0.39 is 0 Å². The van der Waals surface area contributed by atoms with Crippen LogP contribution in [0, 0.1) is 6.92 Å². The number of thioether (sulfide) groups is 1. The van der Waals surface area contributed by atoms with Gasteiger partial charge in [0.05, 0.1) is 0 Å². The Kier molecular flexibility index (Phi) is 7.02. The van der Waals surface area contributed by atoms with Crippen molar-refractivity contribution in [1.82, 2.24) is 14.8 Å². The van der Waals surface area contributed by atoms with Crippen LogP contribution < -0.4 is 5.32 Å². The first kappa shape index (κ1) is 18.2. The Morgan fingerprint density at radius 2 is 2.29 bits per heavy atom. The second-order valence-corrected chi connectivity index (χ2v) is 6.31. The molecule has 0 unspecified atom stereocenters. The lowest BCUT2D eigenvalue weighted by Crippen LogP contribution is -2.12. The number of anilines is 1. The van der Waals surface area contributed by atoms with Gasteiger partial charge in [-0.3, -0.25) is 4.79 Å². The van der Waals surface area contributed by atoms with Crippen LogP contribution in [-0.2, 0) is 22.7 Å². The third-order valence-corrected chi connectivity index (χ3v) is 4.21. The fourth-order valence-corrected chi connectivity index (χ4v) is 3.06. The summed E-state index contributed by atoms with van der Waals surface area (Å²) in [5, 5.41) is 12.0. The number of rotatable bonds is 9. The van der Waals surface area contributed by atoms with Gasteiger partial charge in [0.25, 0.3) is 0 Å². The first-order valence-corrected chi connectivity index (χ1v) is 8.64. The zero-order valence-electron chi connectivity index (χ0n) is 14.0. The molecular formula is C17H22N4O2S. The minimum Gasteiger partial charge on any atom is -0.377 e. The van der Waals surface area contributed by atoms with Crippen LogP contribution in [-0.4, -0.2) is 33.5 Å². The van der Waals surface area contributed by atoms with E-state index in [2.05, 4.69) is 22.1 Å². The van der Waals surface area contributed by atoms with Crippen LogP contribution in [0.4, 0.5) is 5.69 Å². The Labute approximate surface area is 146 Å². The van der Waals surface area contributed by atoms with Gasteiger partial charge in [-0.25, -0.2) is 0 Å². The van der Waals surface area contributed by atoms with E-state index in [1.165, 1.54) is 11.8 Å². The average molecular weight is 346 g/mol. The maximum atomic E-state index is 12.0. The summed E-state index contributed by atoms with van der Waals surface area (Å²) in [5.41, 5.74) is 1.94. The minimum absolute atomic E-state index is 0.0139. The summed E-state index contributed by atoms with van der Waals surface area (Å²) in [7, 11) is 1.62. The van der Waals surface area contributed by atoms with Gasteiger partial charge in [0.1, 0.15) is 6.61 Å². The van der Waals surface area contributed by atoms with E-state index >= 15 is 0 Å². The number of ether oxygens (including phenoxy) is 1. The van der Waals surface area contributed by atoms with Gasteiger partial charge in [-0.15, -0.1) is 16.8 Å². The molecule has 0 saturated carbocycles. The molecule has 2 rings (SSSR count). The van der Waals surface area contributed by atoms with Gasteiger partial charge in [-0.1, -0.05) is 30.0 Å². The van der Waals surface area contributed by atoms with E-state index in [1.807, 2.05) is 35.8 Å². The van der Waals surface area contributed by atoms with Crippen molar-refractivity contribution in [2.45, 2.75) is 31.7 Å². The van der Waals surface area contributed by atoms with Crippen LogP contribution in [0.1, 0.15) is 17.8 Å². The number of hydrogen-bond donors (Lipinski definition) is 1. The van der Waals surface area contributed by atoms with Gasteiger partial charge in [-0.05, 0) is 24.6 Å². The molecule has 0 aliphatic heterocycles. The van der Waals surface area contributed by atoms with Crippen LogP contribution in [0.3, 0.4) is 0 Å². The van der Waals surface area contributed by atoms with Gasteiger partial charge >= 0.3 is 0 Å². The molecule has 0 radical (unpaired) electrons. The van der Waals surface area contributed by atoms with E-state index in [4.69, 9.17) is 4.74 Å². The molecule has 0 spiro atoms. The van der Waals surface area contributed by atoms with Crippen LogP contribution in [0.15, 0.2) is 42.1 Å². The molecule has 2 aromatic rings. The molecule has 1 aromatic heterocycles. The van der Waals surface area contributed by atoms with Crippen LogP contribution in [0.5, 0.6) is 0 Å². The molecule has 0 fully saturated rings.